The predicted molar refractivity (Wildman–Crippen MR) is 110 cm³/mol. The Morgan fingerprint density at radius 3 is 2.63 bits per heavy atom. The molecule has 2 aromatic heterocycles. The average Bonchev–Trinajstić information content (AvgIpc) is 3.12. The second-order valence-corrected chi connectivity index (χ2v) is 7.23. The first-order chi connectivity index (χ1) is 12.9. The maximum atomic E-state index is 12.6. The minimum absolute atomic E-state index is 0.0689. The van der Waals surface area contributed by atoms with Gasteiger partial charge in [0.1, 0.15) is 11.4 Å². The molecule has 0 saturated carbocycles. The molecule has 2 heterocycles. The molecule has 3 aromatic rings. The highest BCUT2D eigenvalue weighted by molar-refractivity contribution is 7.14. The summed E-state index contributed by atoms with van der Waals surface area (Å²) in [6, 6.07) is 10.1. The highest BCUT2D eigenvalue weighted by Gasteiger charge is 2.19. The summed E-state index contributed by atoms with van der Waals surface area (Å²) in [7, 11) is 1.46. The van der Waals surface area contributed by atoms with E-state index in [0.29, 0.717) is 17.4 Å². The second-order valence-electron chi connectivity index (χ2n) is 6.37. The molecule has 8 heteroatoms. The van der Waals surface area contributed by atoms with Gasteiger partial charge in [0.05, 0.1) is 11.7 Å². The van der Waals surface area contributed by atoms with Gasteiger partial charge in [-0.05, 0) is 18.9 Å². The predicted octanol–water partition coefficient (Wildman–Crippen LogP) is 2.84. The lowest BCUT2D eigenvalue weighted by Gasteiger charge is -2.14. The third-order valence-electron chi connectivity index (χ3n) is 4.43. The van der Waals surface area contributed by atoms with Crippen molar-refractivity contribution >= 4 is 22.3 Å². The number of rotatable bonds is 6. The van der Waals surface area contributed by atoms with Gasteiger partial charge in [0, 0.05) is 19.0 Å². The Bertz CT molecular complexity index is 1050. The first kappa shape index (κ1) is 18.9. The van der Waals surface area contributed by atoms with Crippen molar-refractivity contribution in [2.45, 2.75) is 32.9 Å². The maximum Gasteiger partial charge on any atom is 0.332 e. The molecule has 0 unspecified atom stereocenters. The Balaban J connectivity index is 1.97. The molecule has 7 nitrogen and oxygen atoms in total. The van der Waals surface area contributed by atoms with E-state index < -0.39 is 11.2 Å². The number of aromatic nitrogens is 3. The van der Waals surface area contributed by atoms with Crippen LogP contribution in [0.4, 0.5) is 10.9 Å². The Hall–Kier alpha value is -2.87. The van der Waals surface area contributed by atoms with Gasteiger partial charge < -0.3 is 11.1 Å². The molecule has 1 aromatic carbocycles. The molecule has 142 valence electrons. The molecule has 0 aliphatic rings. The number of nitrogen functional groups attached to an aromatic ring is 1. The standard InChI is InChI=1S/C19H23N5O2S/c1-4-10-24-16(20)15(17(25)23(3)19(24)26)14-11-27-18(22-14)21-12(2)13-8-6-5-7-9-13/h5-9,11-12H,4,10,20H2,1-3H3,(H,21,22)/t12-/m1/s1. The lowest BCUT2D eigenvalue weighted by Crippen LogP contribution is -2.40. The number of nitrogens with one attached hydrogen (secondary N) is 1. The van der Waals surface area contributed by atoms with Gasteiger partial charge in [0.15, 0.2) is 5.13 Å². The summed E-state index contributed by atoms with van der Waals surface area (Å²) < 4.78 is 2.51. The van der Waals surface area contributed by atoms with E-state index in [1.807, 2.05) is 44.2 Å². The number of hydrogen-bond donors (Lipinski definition) is 2. The van der Waals surface area contributed by atoms with Gasteiger partial charge in [-0.15, -0.1) is 11.3 Å². The molecule has 3 N–H and O–H groups in total. The number of thiazole rings is 1. The zero-order valence-electron chi connectivity index (χ0n) is 15.6. The zero-order chi connectivity index (χ0) is 19.6. The SMILES string of the molecule is CCCn1c(N)c(-c2csc(N[C@H](C)c3ccccc3)n2)c(=O)n(C)c1=O. The third kappa shape index (κ3) is 3.66. The van der Waals surface area contributed by atoms with Crippen LogP contribution >= 0.6 is 11.3 Å². The van der Waals surface area contributed by atoms with Gasteiger partial charge in [-0.1, -0.05) is 37.3 Å². The summed E-state index contributed by atoms with van der Waals surface area (Å²) in [6.07, 6.45) is 0.736. The van der Waals surface area contributed by atoms with Gasteiger partial charge in [0.2, 0.25) is 0 Å². The van der Waals surface area contributed by atoms with Gasteiger partial charge in [-0.2, -0.15) is 0 Å². The number of benzene rings is 1. The van der Waals surface area contributed by atoms with Crippen LogP contribution in [0.25, 0.3) is 11.3 Å². The monoisotopic (exact) mass is 385 g/mol. The molecule has 3 rings (SSSR count). The molecule has 0 aliphatic heterocycles. The van der Waals surface area contributed by atoms with Crippen LogP contribution < -0.4 is 22.3 Å². The normalized spacial score (nSPS) is 12.1. The maximum absolute atomic E-state index is 12.6. The van der Waals surface area contributed by atoms with E-state index in [4.69, 9.17) is 5.73 Å². The summed E-state index contributed by atoms with van der Waals surface area (Å²) in [5.74, 6) is 0.165. The van der Waals surface area contributed by atoms with E-state index >= 15 is 0 Å². The summed E-state index contributed by atoms with van der Waals surface area (Å²) in [5.41, 5.74) is 7.21. The highest BCUT2D eigenvalue weighted by atomic mass is 32.1. The first-order valence-electron chi connectivity index (χ1n) is 8.80. The molecule has 27 heavy (non-hydrogen) atoms. The summed E-state index contributed by atoms with van der Waals surface area (Å²) >= 11 is 1.40. The molecule has 0 fully saturated rings. The van der Waals surface area contributed by atoms with Crippen molar-refractivity contribution in [1.29, 1.82) is 0 Å². The van der Waals surface area contributed by atoms with Crippen molar-refractivity contribution in [1.82, 2.24) is 14.1 Å². The van der Waals surface area contributed by atoms with E-state index in [1.54, 1.807) is 5.38 Å². The fourth-order valence-electron chi connectivity index (χ4n) is 2.93. The van der Waals surface area contributed by atoms with Gasteiger partial charge in [-0.25, -0.2) is 9.78 Å². The number of nitrogens with two attached hydrogens (primary N) is 1. The Kier molecular flexibility index (Phi) is 5.46. The van der Waals surface area contributed by atoms with Crippen LogP contribution in [0.3, 0.4) is 0 Å². The number of nitrogens with zero attached hydrogens (tertiary/aromatic N) is 3. The first-order valence-corrected chi connectivity index (χ1v) is 9.68. The molecule has 0 spiro atoms. The fourth-order valence-corrected chi connectivity index (χ4v) is 3.72. The van der Waals surface area contributed by atoms with Crippen LogP contribution in [0.15, 0.2) is 45.3 Å². The molecule has 0 aliphatic carbocycles. The minimum atomic E-state index is -0.433. The molecular weight excluding hydrogens is 362 g/mol. The van der Waals surface area contributed by atoms with Crippen molar-refractivity contribution < 1.29 is 0 Å². The van der Waals surface area contributed by atoms with Crippen LogP contribution in [0.1, 0.15) is 31.9 Å². The Labute approximate surface area is 161 Å². The van der Waals surface area contributed by atoms with Crippen LogP contribution in [0.5, 0.6) is 0 Å². The summed E-state index contributed by atoms with van der Waals surface area (Å²) in [6.45, 7) is 4.45. The smallest absolute Gasteiger partial charge is 0.332 e. The number of hydrogen-bond acceptors (Lipinski definition) is 6. The van der Waals surface area contributed by atoms with Crippen LogP contribution in [-0.4, -0.2) is 14.1 Å². The van der Waals surface area contributed by atoms with E-state index in [1.165, 1.54) is 23.0 Å². The van der Waals surface area contributed by atoms with E-state index in [0.717, 1.165) is 16.6 Å². The van der Waals surface area contributed by atoms with Gasteiger partial charge in [-0.3, -0.25) is 13.9 Å². The largest absolute Gasteiger partial charge is 0.384 e. The fraction of sp³-hybridized carbons (Fsp3) is 0.316. The van der Waals surface area contributed by atoms with E-state index in [-0.39, 0.29) is 17.4 Å². The molecule has 1 atom stereocenters. The third-order valence-corrected chi connectivity index (χ3v) is 5.20. The number of anilines is 2. The molecule has 0 amide bonds. The van der Waals surface area contributed by atoms with E-state index in [2.05, 4.69) is 10.3 Å². The van der Waals surface area contributed by atoms with Crippen molar-refractivity contribution in [2.75, 3.05) is 11.1 Å². The quantitative estimate of drug-likeness (QED) is 0.680. The van der Waals surface area contributed by atoms with Gasteiger partial charge >= 0.3 is 5.69 Å². The van der Waals surface area contributed by atoms with Crippen molar-refractivity contribution in [3.63, 3.8) is 0 Å². The van der Waals surface area contributed by atoms with Crippen LogP contribution in [0, 0.1) is 0 Å². The topological polar surface area (TPSA) is 94.9 Å². The molecule has 0 saturated heterocycles. The van der Waals surface area contributed by atoms with E-state index in [9.17, 15) is 9.59 Å². The van der Waals surface area contributed by atoms with Crippen molar-refractivity contribution in [3.8, 4) is 11.3 Å². The molecule has 0 bridgehead atoms. The highest BCUT2D eigenvalue weighted by Crippen LogP contribution is 2.28. The van der Waals surface area contributed by atoms with Gasteiger partial charge in [0.25, 0.3) is 5.56 Å². The molecule has 0 radical (unpaired) electrons. The Morgan fingerprint density at radius 1 is 1.26 bits per heavy atom. The van der Waals surface area contributed by atoms with Crippen molar-refractivity contribution in [3.05, 3.63) is 62.1 Å². The van der Waals surface area contributed by atoms with Crippen LogP contribution in [-0.2, 0) is 13.6 Å². The summed E-state index contributed by atoms with van der Waals surface area (Å²) in [4.78, 5) is 29.5. The Morgan fingerprint density at radius 2 is 1.96 bits per heavy atom. The second kappa shape index (κ2) is 7.79. The summed E-state index contributed by atoms with van der Waals surface area (Å²) in [5, 5.41) is 5.82. The lowest BCUT2D eigenvalue weighted by molar-refractivity contribution is 0.600. The van der Waals surface area contributed by atoms with Crippen molar-refractivity contribution in [2.24, 2.45) is 7.05 Å². The van der Waals surface area contributed by atoms with Crippen LogP contribution in [0.2, 0.25) is 0 Å². The zero-order valence-corrected chi connectivity index (χ0v) is 16.4. The average molecular weight is 385 g/mol. The lowest BCUT2D eigenvalue weighted by atomic mass is 10.1. The molecular formula is C19H23N5O2S. The minimum Gasteiger partial charge on any atom is -0.384 e.